The van der Waals surface area contributed by atoms with Gasteiger partial charge in [0, 0.05) is 30.7 Å². The molecular weight excluding hydrogens is 276 g/mol. The lowest BCUT2D eigenvalue weighted by Gasteiger charge is -2.19. The fourth-order valence-corrected chi connectivity index (χ4v) is 2.67. The molecule has 0 unspecified atom stereocenters. The standard InChI is InChI=1S/C13H18N4O2S/c1-3-14-11(18)9-16(4-2)8-10-7-12(19)17-5-6-20-13(17)15-10/h5-7H,3-4,8-9H2,1-2H3,(H,14,18). The summed E-state index contributed by atoms with van der Waals surface area (Å²) in [5, 5.41) is 4.60. The van der Waals surface area contributed by atoms with Crippen LogP contribution in [0.5, 0.6) is 0 Å². The summed E-state index contributed by atoms with van der Waals surface area (Å²) >= 11 is 1.43. The molecule has 0 radical (unpaired) electrons. The Morgan fingerprint density at radius 3 is 3.00 bits per heavy atom. The third-order valence-electron chi connectivity index (χ3n) is 2.93. The number of hydrogen-bond acceptors (Lipinski definition) is 5. The number of fused-ring (bicyclic) bond motifs is 1. The fourth-order valence-electron chi connectivity index (χ4n) is 1.93. The first kappa shape index (κ1) is 14.7. The molecule has 1 amide bonds. The topological polar surface area (TPSA) is 66.7 Å². The third kappa shape index (κ3) is 3.43. The number of rotatable bonds is 6. The van der Waals surface area contributed by atoms with Gasteiger partial charge in [-0.15, -0.1) is 11.3 Å². The largest absolute Gasteiger partial charge is 0.355 e. The maximum absolute atomic E-state index is 11.9. The molecule has 0 aromatic carbocycles. The second kappa shape index (κ2) is 6.62. The minimum Gasteiger partial charge on any atom is -0.355 e. The predicted octanol–water partition coefficient (Wildman–Crippen LogP) is 0.714. The van der Waals surface area contributed by atoms with Crippen LogP contribution >= 0.6 is 11.3 Å². The number of thiazole rings is 1. The molecule has 0 aliphatic carbocycles. The van der Waals surface area contributed by atoms with Crippen molar-refractivity contribution in [2.75, 3.05) is 19.6 Å². The lowest BCUT2D eigenvalue weighted by atomic mass is 10.3. The van der Waals surface area contributed by atoms with Crippen molar-refractivity contribution in [3.63, 3.8) is 0 Å². The van der Waals surface area contributed by atoms with Gasteiger partial charge in [-0.25, -0.2) is 4.98 Å². The molecule has 6 nitrogen and oxygen atoms in total. The van der Waals surface area contributed by atoms with Gasteiger partial charge >= 0.3 is 0 Å². The Hall–Kier alpha value is -1.73. The fraction of sp³-hybridized carbons (Fsp3) is 0.462. The monoisotopic (exact) mass is 294 g/mol. The van der Waals surface area contributed by atoms with E-state index in [0.717, 1.165) is 6.54 Å². The first-order chi connectivity index (χ1) is 9.63. The Bertz CT molecular complexity index is 649. The highest BCUT2D eigenvalue weighted by Gasteiger charge is 2.11. The van der Waals surface area contributed by atoms with Gasteiger partial charge in [-0.2, -0.15) is 0 Å². The first-order valence-corrected chi connectivity index (χ1v) is 7.46. The van der Waals surface area contributed by atoms with E-state index in [0.29, 0.717) is 30.3 Å². The summed E-state index contributed by atoms with van der Waals surface area (Å²) in [6, 6.07) is 1.53. The highest BCUT2D eigenvalue weighted by molar-refractivity contribution is 7.15. The molecule has 7 heteroatoms. The van der Waals surface area contributed by atoms with E-state index in [9.17, 15) is 9.59 Å². The van der Waals surface area contributed by atoms with Crippen LogP contribution in [0.4, 0.5) is 0 Å². The number of hydrogen-bond donors (Lipinski definition) is 1. The average molecular weight is 294 g/mol. The van der Waals surface area contributed by atoms with Crippen LogP contribution in [0.25, 0.3) is 4.96 Å². The number of carbonyl (C=O) groups excluding carboxylic acids is 1. The molecule has 0 atom stereocenters. The van der Waals surface area contributed by atoms with Crippen LogP contribution in [0.2, 0.25) is 0 Å². The molecule has 0 spiro atoms. The first-order valence-electron chi connectivity index (χ1n) is 6.58. The maximum Gasteiger partial charge on any atom is 0.258 e. The smallest absolute Gasteiger partial charge is 0.258 e. The van der Waals surface area contributed by atoms with Crippen LogP contribution in [0, 0.1) is 0 Å². The van der Waals surface area contributed by atoms with Gasteiger partial charge in [0.2, 0.25) is 5.91 Å². The van der Waals surface area contributed by atoms with Crippen LogP contribution in [0.15, 0.2) is 22.4 Å². The van der Waals surface area contributed by atoms with Crippen molar-refractivity contribution in [3.05, 3.63) is 33.7 Å². The van der Waals surface area contributed by atoms with E-state index >= 15 is 0 Å². The van der Waals surface area contributed by atoms with Crippen LogP contribution in [-0.4, -0.2) is 39.8 Å². The molecule has 20 heavy (non-hydrogen) atoms. The molecule has 0 fully saturated rings. The van der Waals surface area contributed by atoms with Gasteiger partial charge in [0.05, 0.1) is 12.2 Å². The molecule has 0 aliphatic rings. The van der Waals surface area contributed by atoms with Crippen molar-refractivity contribution in [2.24, 2.45) is 0 Å². The van der Waals surface area contributed by atoms with Gasteiger partial charge in [-0.3, -0.25) is 18.9 Å². The number of amides is 1. The number of aromatic nitrogens is 2. The van der Waals surface area contributed by atoms with Crippen molar-refractivity contribution in [1.82, 2.24) is 19.6 Å². The molecular formula is C13H18N4O2S. The lowest BCUT2D eigenvalue weighted by Crippen LogP contribution is -2.37. The van der Waals surface area contributed by atoms with E-state index in [2.05, 4.69) is 10.3 Å². The summed E-state index contributed by atoms with van der Waals surface area (Å²) in [6.07, 6.45) is 1.71. The average Bonchev–Trinajstić information content (AvgIpc) is 2.87. The minimum atomic E-state index is -0.0830. The van der Waals surface area contributed by atoms with Crippen molar-refractivity contribution in [2.45, 2.75) is 20.4 Å². The van der Waals surface area contributed by atoms with E-state index in [1.165, 1.54) is 21.8 Å². The van der Waals surface area contributed by atoms with Crippen molar-refractivity contribution >= 4 is 22.2 Å². The van der Waals surface area contributed by atoms with E-state index in [4.69, 9.17) is 0 Å². The number of likely N-dealkylation sites (N-methyl/N-ethyl adjacent to an activating group) is 2. The zero-order valence-corrected chi connectivity index (χ0v) is 12.4. The third-order valence-corrected chi connectivity index (χ3v) is 3.69. The minimum absolute atomic E-state index is 0.0109. The molecule has 2 aromatic rings. The normalized spacial score (nSPS) is 11.2. The van der Waals surface area contributed by atoms with E-state index < -0.39 is 0 Å². The Morgan fingerprint density at radius 1 is 1.50 bits per heavy atom. The van der Waals surface area contributed by atoms with E-state index in [-0.39, 0.29) is 11.5 Å². The summed E-state index contributed by atoms with van der Waals surface area (Å²) in [6.45, 7) is 6.03. The number of carbonyl (C=O) groups is 1. The van der Waals surface area contributed by atoms with Gasteiger partial charge in [0.15, 0.2) is 4.96 Å². The number of nitrogens with one attached hydrogen (secondary N) is 1. The maximum atomic E-state index is 11.9. The Balaban J connectivity index is 2.12. The highest BCUT2D eigenvalue weighted by Crippen LogP contribution is 2.08. The van der Waals surface area contributed by atoms with Crippen LogP contribution < -0.4 is 10.9 Å². The molecule has 1 N–H and O–H groups in total. The van der Waals surface area contributed by atoms with Crippen LogP contribution in [0.3, 0.4) is 0 Å². The Morgan fingerprint density at radius 2 is 2.30 bits per heavy atom. The lowest BCUT2D eigenvalue weighted by molar-refractivity contribution is -0.122. The molecule has 2 aromatic heterocycles. The van der Waals surface area contributed by atoms with E-state index in [1.807, 2.05) is 24.1 Å². The molecule has 0 aliphatic heterocycles. The molecule has 0 saturated carbocycles. The Labute approximate surface area is 121 Å². The van der Waals surface area contributed by atoms with Gasteiger partial charge < -0.3 is 5.32 Å². The van der Waals surface area contributed by atoms with Crippen molar-refractivity contribution in [3.8, 4) is 0 Å². The molecule has 2 rings (SSSR count). The summed E-state index contributed by atoms with van der Waals surface area (Å²) in [5.74, 6) is -0.0109. The van der Waals surface area contributed by atoms with Gasteiger partial charge in [0.25, 0.3) is 5.56 Å². The zero-order chi connectivity index (χ0) is 14.5. The summed E-state index contributed by atoms with van der Waals surface area (Å²) in [7, 11) is 0. The Kier molecular flexibility index (Phi) is 4.86. The van der Waals surface area contributed by atoms with Crippen LogP contribution in [0.1, 0.15) is 19.5 Å². The molecule has 2 heterocycles. The summed E-state index contributed by atoms with van der Waals surface area (Å²) < 4.78 is 1.52. The van der Waals surface area contributed by atoms with Crippen molar-refractivity contribution in [1.29, 1.82) is 0 Å². The van der Waals surface area contributed by atoms with E-state index in [1.54, 1.807) is 6.20 Å². The summed E-state index contributed by atoms with van der Waals surface area (Å²) in [4.78, 5) is 30.6. The second-order valence-electron chi connectivity index (χ2n) is 4.40. The van der Waals surface area contributed by atoms with Gasteiger partial charge in [0.1, 0.15) is 0 Å². The summed E-state index contributed by atoms with van der Waals surface area (Å²) in [5.41, 5.74) is 0.615. The number of nitrogens with zero attached hydrogens (tertiary/aromatic N) is 3. The molecule has 108 valence electrons. The quantitative estimate of drug-likeness (QED) is 0.852. The van der Waals surface area contributed by atoms with Gasteiger partial charge in [-0.1, -0.05) is 6.92 Å². The SMILES string of the molecule is CCNC(=O)CN(CC)Cc1cc(=O)n2ccsc2n1. The predicted molar refractivity (Wildman–Crippen MR) is 79.0 cm³/mol. The second-order valence-corrected chi connectivity index (χ2v) is 5.27. The molecule has 0 saturated heterocycles. The van der Waals surface area contributed by atoms with Crippen LogP contribution in [-0.2, 0) is 11.3 Å². The van der Waals surface area contributed by atoms with Gasteiger partial charge in [-0.05, 0) is 13.5 Å². The molecule has 0 bridgehead atoms. The van der Waals surface area contributed by atoms with Crippen molar-refractivity contribution < 1.29 is 4.79 Å². The zero-order valence-electron chi connectivity index (χ0n) is 11.6. The highest BCUT2D eigenvalue weighted by atomic mass is 32.1.